The van der Waals surface area contributed by atoms with Gasteiger partial charge in [0.2, 0.25) is 0 Å². The van der Waals surface area contributed by atoms with Gasteiger partial charge in [-0.3, -0.25) is 10.1 Å². The van der Waals surface area contributed by atoms with Crippen LogP contribution in [0.3, 0.4) is 0 Å². The summed E-state index contributed by atoms with van der Waals surface area (Å²) < 4.78 is 0. The summed E-state index contributed by atoms with van der Waals surface area (Å²) in [6.07, 6.45) is 1.04. The molecule has 2 heterocycles. The summed E-state index contributed by atoms with van der Waals surface area (Å²) in [5.74, 6) is -0.0350. The number of thioether (sulfide) groups is 1. The summed E-state index contributed by atoms with van der Waals surface area (Å²) in [7, 11) is 2.09. The summed E-state index contributed by atoms with van der Waals surface area (Å²) in [4.78, 5) is 13.1. The number of hydrogen-bond donors (Lipinski definition) is 2. The Hall–Kier alpha value is -0.260. The van der Waals surface area contributed by atoms with Crippen LogP contribution < -0.4 is 5.32 Å². The molecule has 0 aromatic heterocycles. The van der Waals surface area contributed by atoms with E-state index in [1.165, 1.54) is 0 Å². The van der Waals surface area contributed by atoms with E-state index >= 15 is 0 Å². The van der Waals surface area contributed by atoms with Crippen molar-refractivity contribution in [1.29, 1.82) is 0 Å². The maximum atomic E-state index is 10.8. The van der Waals surface area contributed by atoms with Crippen LogP contribution in [0, 0.1) is 0 Å². The van der Waals surface area contributed by atoms with Crippen LogP contribution in [-0.4, -0.2) is 52.3 Å². The Morgan fingerprint density at radius 3 is 2.86 bits per heavy atom. The van der Waals surface area contributed by atoms with Crippen molar-refractivity contribution in [2.24, 2.45) is 0 Å². The number of carboxylic acids is 1. The number of likely N-dealkylation sites (N-methyl/N-ethyl adjacent to an activating group) is 1. The van der Waals surface area contributed by atoms with Gasteiger partial charge >= 0.3 is 5.97 Å². The predicted molar refractivity (Wildman–Crippen MR) is 56.5 cm³/mol. The second-order valence-electron chi connectivity index (χ2n) is 4.31. The van der Waals surface area contributed by atoms with Gasteiger partial charge in [0.1, 0.15) is 6.04 Å². The topological polar surface area (TPSA) is 52.6 Å². The van der Waals surface area contributed by atoms with Gasteiger partial charge < -0.3 is 10.0 Å². The van der Waals surface area contributed by atoms with Crippen molar-refractivity contribution < 1.29 is 9.90 Å². The van der Waals surface area contributed by atoms with E-state index in [-0.39, 0.29) is 10.9 Å². The Morgan fingerprint density at radius 1 is 1.71 bits per heavy atom. The third kappa shape index (κ3) is 1.64. The molecule has 0 amide bonds. The van der Waals surface area contributed by atoms with E-state index in [0.717, 1.165) is 13.0 Å². The largest absolute Gasteiger partial charge is 0.480 e. The molecule has 0 radical (unpaired) electrons. The number of carbonyl (C=O) groups is 1. The molecule has 3 atom stereocenters. The third-order valence-electron chi connectivity index (χ3n) is 3.14. The van der Waals surface area contributed by atoms with Crippen molar-refractivity contribution in [2.45, 2.75) is 30.3 Å². The minimum atomic E-state index is -0.725. The quantitative estimate of drug-likeness (QED) is 0.655. The molecular formula is C9H16N2O2S. The number of hydrogen-bond acceptors (Lipinski definition) is 4. The van der Waals surface area contributed by atoms with Crippen LogP contribution in [0.5, 0.6) is 0 Å². The van der Waals surface area contributed by atoms with E-state index in [1.54, 1.807) is 11.8 Å². The van der Waals surface area contributed by atoms with Crippen LogP contribution in [0.2, 0.25) is 0 Å². The molecule has 2 fully saturated rings. The molecule has 4 nitrogen and oxygen atoms in total. The smallest absolute Gasteiger partial charge is 0.321 e. The maximum Gasteiger partial charge on any atom is 0.321 e. The van der Waals surface area contributed by atoms with Gasteiger partial charge in [0, 0.05) is 18.3 Å². The zero-order chi connectivity index (χ0) is 10.3. The number of likely N-dealkylation sites (tertiary alicyclic amines) is 1. The Bertz CT molecular complexity index is 249. The number of nitrogens with one attached hydrogen (secondary N) is 1. The number of carboxylic acid groups (broad SMARTS) is 1. The molecule has 2 aliphatic heterocycles. The minimum absolute atomic E-state index is 0.00275. The fourth-order valence-electron chi connectivity index (χ4n) is 2.24. The Morgan fingerprint density at radius 2 is 2.43 bits per heavy atom. The highest BCUT2D eigenvalue weighted by Crippen LogP contribution is 2.40. The lowest BCUT2D eigenvalue weighted by atomic mass is 10.1. The maximum absolute atomic E-state index is 10.8. The Balaban J connectivity index is 2.04. The highest BCUT2D eigenvalue weighted by atomic mass is 32.2. The number of aliphatic carboxylic acids is 1. The molecule has 2 aliphatic rings. The fraction of sp³-hybridized carbons (Fsp3) is 0.889. The molecule has 0 aromatic rings. The minimum Gasteiger partial charge on any atom is -0.480 e. The highest BCUT2D eigenvalue weighted by Gasteiger charge is 2.47. The van der Waals surface area contributed by atoms with E-state index in [2.05, 4.69) is 24.2 Å². The van der Waals surface area contributed by atoms with Crippen molar-refractivity contribution in [1.82, 2.24) is 10.2 Å². The Labute approximate surface area is 88.0 Å². The average molecular weight is 216 g/mol. The zero-order valence-corrected chi connectivity index (χ0v) is 9.30. The summed E-state index contributed by atoms with van der Waals surface area (Å²) in [6, 6.07) is 0.182. The van der Waals surface area contributed by atoms with Crippen molar-refractivity contribution >= 4 is 17.7 Å². The molecule has 14 heavy (non-hydrogen) atoms. The van der Waals surface area contributed by atoms with Crippen molar-refractivity contribution in [2.75, 3.05) is 19.3 Å². The van der Waals surface area contributed by atoms with Gasteiger partial charge in [0.05, 0.1) is 4.87 Å². The first-order valence-electron chi connectivity index (χ1n) is 4.87. The van der Waals surface area contributed by atoms with Gasteiger partial charge in [-0.1, -0.05) is 0 Å². The average Bonchev–Trinajstić information content (AvgIpc) is 2.59. The van der Waals surface area contributed by atoms with Gasteiger partial charge in [-0.25, -0.2) is 0 Å². The van der Waals surface area contributed by atoms with Crippen LogP contribution >= 0.6 is 11.8 Å². The molecule has 0 bridgehead atoms. The van der Waals surface area contributed by atoms with Gasteiger partial charge in [-0.05, 0) is 20.4 Å². The summed E-state index contributed by atoms with van der Waals surface area (Å²) in [5.41, 5.74) is 0. The number of nitrogens with zero attached hydrogens (tertiary/aromatic N) is 1. The van der Waals surface area contributed by atoms with Gasteiger partial charge in [0.25, 0.3) is 0 Å². The summed E-state index contributed by atoms with van der Waals surface area (Å²) >= 11 is 1.76. The van der Waals surface area contributed by atoms with E-state index in [4.69, 9.17) is 5.11 Å². The molecule has 0 aromatic carbocycles. The molecule has 2 rings (SSSR count). The van der Waals surface area contributed by atoms with Gasteiger partial charge in [-0.2, -0.15) is 0 Å². The summed E-state index contributed by atoms with van der Waals surface area (Å²) in [6.45, 7) is 3.13. The third-order valence-corrected chi connectivity index (χ3v) is 4.61. The van der Waals surface area contributed by atoms with Crippen LogP contribution in [-0.2, 0) is 4.79 Å². The first-order valence-corrected chi connectivity index (χ1v) is 5.86. The molecule has 2 N–H and O–H groups in total. The van der Waals surface area contributed by atoms with Crippen LogP contribution in [0.15, 0.2) is 0 Å². The van der Waals surface area contributed by atoms with E-state index < -0.39 is 5.97 Å². The van der Waals surface area contributed by atoms with Gasteiger partial charge in [0.15, 0.2) is 0 Å². The SMILES string of the molecule is CC1CC2(CN1C)NC(C(=O)O)CS2. The lowest BCUT2D eigenvalue weighted by molar-refractivity contribution is -0.138. The van der Waals surface area contributed by atoms with Crippen molar-refractivity contribution in [3.05, 3.63) is 0 Å². The highest BCUT2D eigenvalue weighted by molar-refractivity contribution is 8.01. The van der Waals surface area contributed by atoms with Crippen molar-refractivity contribution in [3.63, 3.8) is 0 Å². The first kappa shape index (κ1) is 10.3. The second-order valence-corrected chi connectivity index (χ2v) is 5.71. The normalized spacial score (nSPS) is 43.6. The molecule has 1 spiro atoms. The molecule has 80 valence electrons. The lowest BCUT2D eigenvalue weighted by Gasteiger charge is -2.22. The fourth-order valence-corrected chi connectivity index (χ4v) is 3.83. The van der Waals surface area contributed by atoms with E-state index in [0.29, 0.717) is 11.8 Å². The molecule has 5 heteroatoms. The van der Waals surface area contributed by atoms with Crippen LogP contribution in [0.4, 0.5) is 0 Å². The molecule has 3 unspecified atom stereocenters. The Kier molecular flexibility index (Phi) is 2.49. The van der Waals surface area contributed by atoms with Crippen LogP contribution in [0.1, 0.15) is 13.3 Å². The first-order chi connectivity index (χ1) is 6.52. The molecule has 2 saturated heterocycles. The summed E-state index contributed by atoms with van der Waals surface area (Å²) in [5, 5.41) is 12.1. The monoisotopic (exact) mass is 216 g/mol. The second kappa shape index (κ2) is 3.40. The standard InChI is InChI=1S/C9H16N2O2S/c1-6-3-9(5-11(6)2)10-7(4-14-9)8(12)13/h6-7,10H,3-5H2,1-2H3,(H,12,13). The lowest BCUT2D eigenvalue weighted by Crippen LogP contribution is -2.46. The van der Waals surface area contributed by atoms with Crippen molar-refractivity contribution in [3.8, 4) is 0 Å². The molecular weight excluding hydrogens is 200 g/mol. The van der Waals surface area contributed by atoms with E-state index in [9.17, 15) is 4.79 Å². The predicted octanol–water partition coefficient (Wildman–Crippen LogP) is 0.196. The molecule has 0 saturated carbocycles. The van der Waals surface area contributed by atoms with E-state index in [1.807, 2.05) is 0 Å². The number of rotatable bonds is 1. The molecule has 0 aliphatic carbocycles. The zero-order valence-electron chi connectivity index (χ0n) is 8.49. The van der Waals surface area contributed by atoms with Gasteiger partial charge in [-0.15, -0.1) is 11.8 Å². The van der Waals surface area contributed by atoms with Crippen LogP contribution in [0.25, 0.3) is 0 Å².